The Labute approximate surface area is 103 Å². The van der Waals surface area contributed by atoms with E-state index in [0.717, 1.165) is 0 Å². The van der Waals surface area contributed by atoms with E-state index in [-0.39, 0.29) is 17.1 Å². The molecule has 92 valence electrons. The highest BCUT2D eigenvalue weighted by Crippen LogP contribution is 2.19. The largest absolute Gasteiger partial charge is 0.397 e. The number of carbonyl (C=O) groups excluding carboxylic acids is 1. The number of nitrogens with zero attached hydrogens (tertiary/aromatic N) is 1. The number of nitrogens with one attached hydrogen (secondary N) is 1. The third kappa shape index (κ3) is 2.54. The Bertz CT molecular complexity index is 600. The molecule has 2 rings (SSSR count). The maximum atomic E-state index is 13.0. The Morgan fingerprint density at radius 1 is 1.33 bits per heavy atom. The summed E-state index contributed by atoms with van der Waals surface area (Å²) in [6.07, 6.45) is 1.32. The van der Waals surface area contributed by atoms with Crippen LogP contribution in [0.2, 0.25) is 0 Å². The minimum absolute atomic E-state index is 0.170. The third-order valence-corrected chi connectivity index (χ3v) is 2.30. The van der Waals surface area contributed by atoms with Crippen LogP contribution in [0.15, 0.2) is 36.5 Å². The minimum Gasteiger partial charge on any atom is -0.397 e. The van der Waals surface area contributed by atoms with Gasteiger partial charge in [0.05, 0.1) is 17.4 Å². The summed E-state index contributed by atoms with van der Waals surface area (Å²) in [5.74, 6) is -0.647. The zero-order chi connectivity index (χ0) is 13.1. The summed E-state index contributed by atoms with van der Waals surface area (Å²) in [5, 5.41) is 2.85. The lowest BCUT2D eigenvalue weighted by Crippen LogP contribution is -2.14. The van der Waals surface area contributed by atoms with Crippen molar-refractivity contribution in [1.82, 2.24) is 4.98 Å². The van der Waals surface area contributed by atoms with Gasteiger partial charge in [0.15, 0.2) is 0 Å². The molecule has 0 spiro atoms. The van der Waals surface area contributed by atoms with Gasteiger partial charge in [0.2, 0.25) is 0 Å². The quantitative estimate of drug-likeness (QED) is 0.767. The molecule has 18 heavy (non-hydrogen) atoms. The molecule has 0 bridgehead atoms. The molecule has 1 amide bonds. The van der Waals surface area contributed by atoms with E-state index in [2.05, 4.69) is 10.3 Å². The van der Waals surface area contributed by atoms with Gasteiger partial charge in [-0.05, 0) is 24.3 Å². The summed E-state index contributed by atoms with van der Waals surface area (Å²) < 4.78 is 13.0. The van der Waals surface area contributed by atoms with Crippen molar-refractivity contribution in [2.45, 2.75) is 0 Å². The summed E-state index contributed by atoms with van der Waals surface area (Å²) in [7, 11) is 0. The van der Waals surface area contributed by atoms with Crippen molar-refractivity contribution in [3.05, 3.63) is 47.9 Å². The van der Waals surface area contributed by atoms with Crippen molar-refractivity contribution in [1.29, 1.82) is 0 Å². The Balaban J connectivity index is 2.30. The number of hydrogen-bond acceptors (Lipinski definition) is 4. The first-order valence-corrected chi connectivity index (χ1v) is 5.14. The molecule has 0 atom stereocenters. The van der Waals surface area contributed by atoms with Gasteiger partial charge < -0.3 is 16.8 Å². The first-order chi connectivity index (χ1) is 8.56. The average Bonchev–Trinajstić information content (AvgIpc) is 2.31. The molecular formula is C12H11FN4O. The molecule has 0 saturated carbocycles. The van der Waals surface area contributed by atoms with Crippen LogP contribution in [0.5, 0.6) is 0 Å². The second-order valence-corrected chi connectivity index (χ2v) is 3.66. The number of hydrogen-bond donors (Lipinski definition) is 3. The molecule has 1 aromatic carbocycles. The summed E-state index contributed by atoms with van der Waals surface area (Å²) in [6, 6.07) is 7.29. The van der Waals surface area contributed by atoms with Crippen LogP contribution < -0.4 is 16.8 Å². The van der Waals surface area contributed by atoms with Crippen LogP contribution in [-0.4, -0.2) is 10.9 Å². The average molecular weight is 246 g/mol. The minimum atomic E-state index is -0.641. The van der Waals surface area contributed by atoms with Crippen LogP contribution in [0.4, 0.5) is 21.6 Å². The summed E-state index contributed by atoms with van der Waals surface area (Å²) in [5.41, 5.74) is 11.6. The molecule has 0 radical (unpaired) electrons. The van der Waals surface area contributed by atoms with Gasteiger partial charge in [-0.2, -0.15) is 0 Å². The van der Waals surface area contributed by atoms with E-state index in [0.29, 0.717) is 11.5 Å². The van der Waals surface area contributed by atoms with Crippen LogP contribution >= 0.6 is 0 Å². The van der Waals surface area contributed by atoms with Gasteiger partial charge in [-0.15, -0.1) is 0 Å². The Hall–Kier alpha value is -2.63. The molecule has 5 nitrogen and oxygen atoms in total. The first kappa shape index (κ1) is 11.8. The van der Waals surface area contributed by atoms with Gasteiger partial charge in [0, 0.05) is 5.69 Å². The Kier molecular flexibility index (Phi) is 3.09. The van der Waals surface area contributed by atoms with E-state index >= 15 is 0 Å². The van der Waals surface area contributed by atoms with Crippen molar-refractivity contribution >= 4 is 23.1 Å². The number of nitrogen functional groups attached to an aromatic ring is 1. The second-order valence-electron chi connectivity index (χ2n) is 3.66. The molecule has 0 aliphatic rings. The summed E-state index contributed by atoms with van der Waals surface area (Å²) in [6.45, 7) is 0. The zero-order valence-corrected chi connectivity index (χ0v) is 9.35. The topological polar surface area (TPSA) is 94.0 Å². The second kappa shape index (κ2) is 4.70. The number of halogens is 1. The van der Waals surface area contributed by atoms with E-state index in [1.165, 1.54) is 24.4 Å². The van der Waals surface area contributed by atoms with Gasteiger partial charge in [-0.1, -0.05) is 6.07 Å². The third-order valence-electron chi connectivity index (χ3n) is 2.30. The molecule has 6 heteroatoms. The number of aromatic nitrogens is 1. The molecule has 1 heterocycles. The van der Waals surface area contributed by atoms with E-state index < -0.39 is 5.91 Å². The number of pyridine rings is 1. The summed E-state index contributed by atoms with van der Waals surface area (Å²) in [4.78, 5) is 15.1. The van der Waals surface area contributed by atoms with Crippen LogP contribution in [0.3, 0.4) is 0 Å². The molecular weight excluding hydrogens is 235 g/mol. The molecule has 2 aromatic rings. The van der Waals surface area contributed by atoms with Crippen molar-refractivity contribution in [2.24, 2.45) is 5.73 Å². The first-order valence-electron chi connectivity index (χ1n) is 5.14. The van der Waals surface area contributed by atoms with Crippen molar-refractivity contribution in [3.8, 4) is 0 Å². The molecule has 0 unspecified atom stereocenters. The molecule has 5 N–H and O–H groups in total. The highest BCUT2D eigenvalue weighted by molar-refractivity contribution is 5.98. The highest BCUT2D eigenvalue weighted by Gasteiger charge is 2.08. The number of anilines is 3. The number of primary amides is 1. The number of benzene rings is 1. The van der Waals surface area contributed by atoms with Crippen LogP contribution in [0, 0.1) is 5.82 Å². The lowest BCUT2D eigenvalue weighted by Gasteiger charge is -2.08. The molecule has 1 aromatic heterocycles. The number of amides is 1. The van der Waals surface area contributed by atoms with Crippen LogP contribution in [-0.2, 0) is 0 Å². The van der Waals surface area contributed by atoms with Crippen LogP contribution in [0.1, 0.15) is 10.4 Å². The Morgan fingerprint density at radius 2 is 2.11 bits per heavy atom. The normalized spacial score (nSPS) is 10.1. The van der Waals surface area contributed by atoms with Gasteiger partial charge >= 0.3 is 0 Å². The van der Waals surface area contributed by atoms with E-state index in [4.69, 9.17) is 11.5 Å². The smallest absolute Gasteiger partial charge is 0.250 e. The Morgan fingerprint density at radius 3 is 2.78 bits per heavy atom. The predicted octanol–water partition coefficient (Wildman–Crippen LogP) is 1.65. The monoisotopic (exact) mass is 246 g/mol. The van der Waals surface area contributed by atoms with Gasteiger partial charge in [-0.25, -0.2) is 9.37 Å². The van der Waals surface area contributed by atoms with E-state index in [1.807, 2.05) is 0 Å². The fourth-order valence-electron chi connectivity index (χ4n) is 1.46. The standard InChI is InChI=1S/C12H11FN4O/c13-7-2-1-3-8(4-7)17-11-5-9(12(15)18)10(14)6-16-11/h1-6H,14H2,(H2,15,18)(H,16,17). The fraction of sp³-hybridized carbons (Fsp3) is 0. The van der Waals surface area contributed by atoms with Gasteiger partial charge in [0.1, 0.15) is 11.6 Å². The van der Waals surface area contributed by atoms with Crippen LogP contribution in [0.25, 0.3) is 0 Å². The zero-order valence-electron chi connectivity index (χ0n) is 9.35. The maximum absolute atomic E-state index is 13.0. The lowest BCUT2D eigenvalue weighted by molar-refractivity contribution is 0.100. The van der Waals surface area contributed by atoms with Crippen molar-refractivity contribution < 1.29 is 9.18 Å². The lowest BCUT2D eigenvalue weighted by atomic mass is 10.2. The fourth-order valence-corrected chi connectivity index (χ4v) is 1.46. The molecule has 0 fully saturated rings. The number of carbonyl (C=O) groups is 1. The van der Waals surface area contributed by atoms with Crippen molar-refractivity contribution in [3.63, 3.8) is 0 Å². The SMILES string of the molecule is NC(=O)c1cc(Nc2cccc(F)c2)ncc1N. The molecule has 0 aliphatic heterocycles. The summed E-state index contributed by atoms with van der Waals surface area (Å²) >= 11 is 0. The number of rotatable bonds is 3. The maximum Gasteiger partial charge on any atom is 0.250 e. The number of nitrogens with two attached hydrogens (primary N) is 2. The molecule has 0 saturated heterocycles. The predicted molar refractivity (Wildman–Crippen MR) is 66.8 cm³/mol. The van der Waals surface area contributed by atoms with Crippen molar-refractivity contribution in [2.75, 3.05) is 11.1 Å². The highest BCUT2D eigenvalue weighted by atomic mass is 19.1. The van der Waals surface area contributed by atoms with E-state index in [1.54, 1.807) is 12.1 Å². The van der Waals surface area contributed by atoms with Gasteiger partial charge in [0.25, 0.3) is 5.91 Å². The molecule has 0 aliphatic carbocycles. The van der Waals surface area contributed by atoms with Gasteiger partial charge in [-0.3, -0.25) is 4.79 Å². The van der Waals surface area contributed by atoms with E-state index in [9.17, 15) is 9.18 Å².